The molecule has 1 aromatic heterocycles. The summed E-state index contributed by atoms with van der Waals surface area (Å²) in [5, 5.41) is 9.80. The van der Waals surface area contributed by atoms with E-state index in [4.69, 9.17) is 0 Å². The van der Waals surface area contributed by atoms with Crippen molar-refractivity contribution in [3.63, 3.8) is 0 Å². The third-order valence-electron chi connectivity index (χ3n) is 4.70. The number of piperidine rings is 1. The Hall–Kier alpha value is -2.89. The van der Waals surface area contributed by atoms with Crippen LogP contribution in [-0.4, -0.2) is 40.3 Å². The Morgan fingerprint density at radius 2 is 1.84 bits per heavy atom. The van der Waals surface area contributed by atoms with Crippen LogP contribution in [0.25, 0.3) is 17.6 Å². The predicted molar refractivity (Wildman–Crippen MR) is 99.4 cm³/mol. The Morgan fingerprint density at radius 3 is 2.42 bits per heavy atom. The molecule has 1 amide bonds. The number of alkyl halides is 6. The van der Waals surface area contributed by atoms with Gasteiger partial charge in [0, 0.05) is 24.4 Å². The third kappa shape index (κ3) is 6.29. The van der Waals surface area contributed by atoms with E-state index >= 15 is 0 Å². The van der Waals surface area contributed by atoms with E-state index in [0.29, 0.717) is 24.6 Å². The summed E-state index contributed by atoms with van der Waals surface area (Å²) in [5.74, 6) is -0.413. The van der Waals surface area contributed by atoms with Crippen LogP contribution in [0.15, 0.2) is 30.6 Å². The van der Waals surface area contributed by atoms with Gasteiger partial charge in [0.25, 0.3) is 0 Å². The maximum Gasteiger partial charge on any atom is 0.416 e. The quantitative estimate of drug-likeness (QED) is 0.543. The van der Waals surface area contributed by atoms with Crippen LogP contribution in [0.1, 0.15) is 24.0 Å². The van der Waals surface area contributed by atoms with Gasteiger partial charge in [-0.1, -0.05) is 0 Å². The molecule has 1 aliphatic heterocycles. The molecule has 1 unspecified atom stereocenters. The van der Waals surface area contributed by atoms with Crippen LogP contribution in [0.3, 0.4) is 0 Å². The number of rotatable bonds is 5. The van der Waals surface area contributed by atoms with Gasteiger partial charge in [0.1, 0.15) is 6.33 Å². The van der Waals surface area contributed by atoms with Gasteiger partial charge in [-0.2, -0.15) is 26.3 Å². The molecule has 0 aliphatic carbocycles. The molecule has 3 rings (SSSR count). The summed E-state index contributed by atoms with van der Waals surface area (Å²) in [6.07, 6.45) is -4.46. The first kappa shape index (κ1) is 22.8. The van der Waals surface area contributed by atoms with E-state index in [-0.39, 0.29) is 11.9 Å². The lowest BCUT2D eigenvalue weighted by atomic mass is 10.00. The number of halogens is 6. The molecule has 0 saturated carbocycles. The normalized spacial score (nSPS) is 17.8. The molecule has 168 valence electrons. The molecule has 2 aromatic rings. The number of nitrogens with one attached hydrogen (secondary N) is 2. The van der Waals surface area contributed by atoms with Gasteiger partial charge in [-0.15, -0.1) is 5.10 Å². The van der Waals surface area contributed by atoms with Crippen molar-refractivity contribution < 1.29 is 31.1 Å². The highest BCUT2D eigenvalue weighted by molar-refractivity contribution is 5.90. The number of carbonyl (C=O) groups excluding carboxylic acids is 1. The number of benzene rings is 1. The summed E-state index contributed by atoms with van der Waals surface area (Å²) in [4.78, 5) is 15.7. The van der Waals surface area contributed by atoms with Crippen molar-refractivity contribution in [2.24, 2.45) is 5.92 Å². The molecule has 2 heterocycles. The van der Waals surface area contributed by atoms with Crippen molar-refractivity contribution in [2.75, 3.05) is 19.6 Å². The average molecular weight is 447 g/mol. The lowest BCUT2D eigenvalue weighted by Crippen LogP contribution is -2.37. The highest BCUT2D eigenvalue weighted by atomic mass is 19.4. The Morgan fingerprint density at radius 1 is 1.16 bits per heavy atom. The van der Waals surface area contributed by atoms with E-state index in [1.807, 2.05) is 0 Å². The lowest BCUT2D eigenvalue weighted by Gasteiger charge is -2.22. The minimum absolute atomic E-state index is 0.0343. The number of hydrogen-bond acceptors (Lipinski definition) is 4. The van der Waals surface area contributed by atoms with E-state index in [0.717, 1.165) is 43.0 Å². The average Bonchev–Trinajstić information content (AvgIpc) is 3.19. The van der Waals surface area contributed by atoms with E-state index in [1.165, 1.54) is 6.20 Å². The minimum atomic E-state index is -4.97. The van der Waals surface area contributed by atoms with Crippen LogP contribution < -0.4 is 10.6 Å². The highest BCUT2D eigenvalue weighted by Gasteiger charge is 2.37. The van der Waals surface area contributed by atoms with Crippen molar-refractivity contribution in [3.8, 4) is 11.4 Å². The van der Waals surface area contributed by atoms with Crippen molar-refractivity contribution in [1.82, 2.24) is 25.4 Å². The summed E-state index contributed by atoms with van der Waals surface area (Å²) in [5.41, 5.74) is -3.36. The number of carbonyl (C=O) groups is 1. The molecule has 0 radical (unpaired) electrons. The van der Waals surface area contributed by atoms with E-state index in [1.54, 1.807) is 0 Å². The zero-order valence-corrected chi connectivity index (χ0v) is 16.1. The fourth-order valence-electron chi connectivity index (χ4n) is 3.11. The van der Waals surface area contributed by atoms with E-state index in [2.05, 4.69) is 20.7 Å². The van der Waals surface area contributed by atoms with Crippen LogP contribution in [0.2, 0.25) is 0 Å². The first-order valence-electron chi connectivity index (χ1n) is 9.40. The summed E-state index contributed by atoms with van der Waals surface area (Å²) in [7, 11) is 0. The molecule has 1 fully saturated rings. The van der Waals surface area contributed by atoms with Crippen molar-refractivity contribution in [1.29, 1.82) is 0 Å². The molecular formula is C19H19F6N5O. The second-order valence-electron chi connectivity index (χ2n) is 7.12. The summed E-state index contributed by atoms with van der Waals surface area (Å²) < 4.78 is 79.0. The molecule has 1 aliphatic rings. The van der Waals surface area contributed by atoms with Crippen LogP contribution in [-0.2, 0) is 17.1 Å². The first-order chi connectivity index (χ1) is 14.5. The molecule has 2 N–H and O–H groups in total. The molecule has 6 nitrogen and oxygen atoms in total. The highest BCUT2D eigenvalue weighted by Crippen LogP contribution is 2.38. The second-order valence-corrected chi connectivity index (χ2v) is 7.12. The van der Waals surface area contributed by atoms with Gasteiger partial charge >= 0.3 is 12.4 Å². The minimum Gasteiger partial charge on any atom is -0.352 e. The zero-order chi connectivity index (χ0) is 22.6. The number of hydrogen-bond donors (Lipinski definition) is 2. The summed E-state index contributed by atoms with van der Waals surface area (Å²) in [6, 6.07) is 1.12. The molecule has 1 atom stereocenters. The van der Waals surface area contributed by atoms with Gasteiger partial charge in [-0.25, -0.2) is 9.67 Å². The number of nitrogens with zero attached hydrogens (tertiary/aromatic N) is 3. The van der Waals surface area contributed by atoms with Crippen LogP contribution in [0.5, 0.6) is 0 Å². The standard InChI is InChI=1S/C19H19F6N5O/c20-18(21,22)14-6-13(7-15(8-14)19(23,24)25)17-28-11-30(29-17)5-3-16(31)27-10-12-2-1-4-26-9-12/h3,5-8,11-12,26H,1-2,4,9-10H2,(H,27,31). The number of aromatic nitrogens is 3. The van der Waals surface area contributed by atoms with Crippen LogP contribution in [0, 0.1) is 5.92 Å². The fourth-order valence-corrected chi connectivity index (χ4v) is 3.11. The van der Waals surface area contributed by atoms with Gasteiger partial charge in [-0.05, 0) is 50.0 Å². The fraction of sp³-hybridized carbons (Fsp3) is 0.421. The lowest BCUT2D eigenvalue weighted by molar-refractivity contribution is -0.143. The Balaban J connectivity index is 1.72. The molecule has 31 heavy (non-hydrogen) atoms. The van der Waals surface area contributed by atoms with Crippen LogP contribution in [0.4, 0.5) is 26.3 Å². The predicted octanol–water partition coefficient (Wildman–Crippen LogP) is 3.57. The maximum absolute atomic E-state index is 13.0. The van der Waals surface area contributed by atoms with Crippen molar-refractivity contribution in [3.05, 3.63) is 41.7 Å². The van der Waals surface area contributed by atoms with Gasteiger partial charge < -0.3 is 10.6 Å². The number of amides is 1. The van der Waals surface area contributed by atoms with E-state index in [9.17, 15) is 31.1 Å². The third-order valence-corrected chi connectivity index (χ3v) is 4.70. The van der Waals surface area contributed by atoms with Gasteiger partial charge in [0.2, 0.25) is 5.91 Å². The van der Waals surface area contributed by atoms with Gasteiger partial charge in [0.15, 0.2) is 5.82 Å². The first-order valence-corrected chi connectivity index (χ1v) is 9.40. The monoisotopic (exact) mass is 447 g/mol. The SMILES string of the molecule is O=C(C=Cn1cnc(-c2cc(C(F)(F)F)cc(C(F)(F)F)c2)n1)NCC1CCCNC1. The van der Waals surface area contributed by atoms with Gasteiger partial charge in [0.05, 0.1) is 11.1 Å². The maximum atomic E-state index is 13.0. The topological polar surface area (TPSA) is 71.8 Å². The molecule has 0 spiro atoms. The Bertz CT molecular complexity index is 912. The van der Waals surface area contributed by atoms with E-state index < -0.39 is 35.0 Å². The summed E-state index contributed by atoms with van der Waals surface area (Å²) in [6.45, 7) is 2.26. The van der Waals surface area contributed by atoms with Crippen molar-refractivity contribution >= 4 is 12.1 Å². The molecule has 0 bridgehead atoms. The largest absolute Gasteiger partial charge is 0.416 e. The van der Waals surface area contributed by atoms with Gasteiger partial charge in [-0.3, -0.25) is 4.79 Å². The zero-order valence-electron chi connectivity index (χ0n) is 16.1. The Labute approximate surface area is 173 Å². The molecule has 12 heteroatoms. The smallest absolute Gasteiger partial charge is 0.352 e. The van der Waals surface area contributed by atoms with Crippen molar-refractivity contribution in [2.45, 2.75) is 25.2 Å². The Kier molecular flexibility index (Phi) is 6.68. The summed E-state index contributed by atoms with van der Waals surface area (Å²) >= 11 is 0. The van der Waals surface area contributed by atoms with Crippen LogP contribution >= 0.6 is 0 Å². The molecular weight excluding hydrogens is 428 g/mol. The molecule has 1 aromatic carbocycles. The second kappa shape index (κ2) is 9.08. The molecule has 1 saturated heterocycles.